The zero-order valence-corrected chi connectivity index (χ0v) is 8.63. The van der Waals surface area contributed by atoms with Crippen molar-refractivity contribution in [2.75, 3.05) is 0 Å². The molecule has 0 saturated carbocycles. The Morgan fingerprint density at radius 3 is 2.88 bits per heavy atom. The van der Waals surface area contributed by atoms with E-state index in [-0.39, 0.29) is 5.82 Å². The van der Waals surface area contributed by atoms with Crippen molar-refractivity contribution in [3.05, 3.63) is 41.7 Å². The Balaban J connectivity index is 2.14. The number of hydrogen-bond donors (Lipinski definition) is 2. The van der Waals surface area contributed by atoms with E-state index in [0.717, 1.165) is 22.3 Å². The summed E-state index contributed by atoms with van der Waals surface area (Å²) in [4.78, 5) is 0. The number of rotatable bonds is 1. The van der Waals surface area contributed by atoms with E-state index < -0.39 is 7.12 Å². The van der Waals surface area contributed by atoms with Gasteiger partial charge < -0.3 is 14.5 Å². The summed E-state index contributed by atoms with van der Waals surface area (Å²) in [5.74, 6) is 0.589. The Bertz CT molecular complexity index is 556. The van der Waals surface area contributed by atoms with Gasteiger partial charge in [-0.2, -0.15) is 0 Å². The highest BCUT2D eigenvalue weighted by atomic mass is 16.4. The molecule has 80 valence electrons. The first-order chi connectivity index (χ1) is 7.75. The molecule has 0 saturated heterocycles. The zero-order chi connectivity index (χ0) is 11.1. The molecule has 1 atom stereocenters. The molecule has 0 bridgehead atoms. The van der Waals surface area contributed by atoms with Crippen LogP contribution < -0.4 is 0 Å². The lowest BCUT2D eigenvalue weighted by Gasteiger charge is -2.14. The van der Waals surface area contributed by atoms with Crippen LogP contribution in [-0.4, -0.2) is 17.2 Å². The third-order valence-electron chi connectivity index (χ3n) is 3.05. The van der Waals surface area contributed by atoms with Crippen LogP contribution in [-0.2, 0) is 6.42 Å². The minimum absolute atomic E-state index is 0.242. The highest BCUT2D eigenvalue weighted by Crippen LogP contribution is 2.34. The summed E-state index contributed by atoms with van der Waals surface area (Å²) in [6, 6.07) is 7.81. The van der Waals surface area contributed by atoms with E-state index in [0.29, 0.717) is 6.42 Å². The number of allylic oxidation sites excluding steroid dienone is 1. The fourth-order valence-corrected chi connectivity index (χ4v) is 2.18. The smallest absolute Gasteiger partial charge is 0.456 e. The maximum absolute atomic E-state index is 9.19. The lowest BCUT2D eigenvalue weighted by Crippen LogP contribution is -2.21. The molecular formula is C12H11BO3. The lowest BCUT2D eigenvalue weighted by molar-refractivity contribution is 0.393. The number of hydrogen-bond acceptors (Lipinski definition) is 3. The highest BCUT2D eigenvalue weighted by Gasteiger charge is 2.27. The van der Waals surface area contributed by atoms with E-state index in [1.54, 1.807) is 6.08 Å². The van der Waals surface area contributed by atoms with Crippen molar-refractivity contribution in [1.82, 2.24) is 0 Å². The van der Waals surface area contributed by atoms with Gasteiger partial charge in [-0.25, -0.2) is 0 Å². The van der Waals surface area contributed by atoms with Crippen LogP contribution in [0.4, 0.5) is 0 Å². The first-order valence-corrected chi connectivity index (χ1v) is 5.30. The van der Waals surface area contributed by atoms with Crippen molar-refractivity contribution in [2.24, 2.45) is 0 Å². The largest absolute Gasteiger partial charge is 0.459 e. The van der Waals surface area contributed by atoms with Crippen LogP contribution in [0.15, 0.2) is 34.8 Å². The molecule has 0 spiro atoms. The fraction of sp³-hybridized carbons (Fsp3) is 0.167. The minimum Gasteiger partial charge on any atom is -0.456 e. The molecule has 2 N–H and O–H groups in total. The van der Waals surface area contributed by atoms with E-state index in [1.165, 1.54) is 0 Å². The summed E-state index contributed by atoms with van der Waals surface area (Å²) in [6.07, 6.45) is 4.22. The number of benzene rings is 1. The number of fused-ring (bicyclic) bond motifs is 3. The summed E-state index contributed by atoms with van der Waals surface area (Å²) in [6.45, 7) is 0. The quantitative estimate of drug-likeness (QED) is 0.712. The minimum atomic E-state index is -1.31. The van der Waals surface area contributed by atoms with Gasteiger partial charge in [-0.15, -0.1) is 0 Å². The Morgan fingerprint density at radius 2 is 2.06 bits per heavy atom. The summed E-state index contributed by atoms with van der Waals surface area (Å²) < 4.78 is 5.67. The molecule has 1 heterocycles. The number of para-hydroxylation sites is 1. The maximum Gasteiger partial charge on any atom is 0.459 e. The van der Waals surface area contributed by atoms with Crippen molar-refractivity contribution >= 4 is 24.2 Å². The molecule has 4 heteroatoms. The van der Waals surface area contributed by atoms with Gasteiger partial charge in [0.15, 0.2) is 0 Å². The monoisotopic (exact) mass is 214 g/mol. The maximum atomic E-state index is 9.19. The summed E-state index contributed by atoms with van der Waals surface area (Å²) in [5, 5.41) is 19.4. The predicted octanol–water partition coefficient (Wildman–Crippen LogP) is 1.85. The van der Waals surface area contributed by atoms with Gasteiger partial charge in [-0.3, -0.25) is 0 Å². The van der Waals surface area contributed by atoms with E-state index in [1.807, 2.05) is 30.3 Å². The standard InChI is InChI=1S/C12H11BO3/c14-13(15)8-5-6-12-10(7-8)9-3-1-2-4-11(9)16-12/h1-6,8,14-15H,7H2. The Kier molecular flexibility index (Phi) is 2.12. The van der Waals surface area contributed by atoms with E-state index in [2.05, 4.69) is 0 Å². The van der Waals surface area contributed by atoms with Gasteiger partial charge in [0.1, 0.15) is 11.3 Å². The first-order valence-electron chi connectivity index (χ1n) is 5.30. The van der Waals surface area contributed by atoms with E-state index in [9.17, 15) is 10.0 Å². The van der Waals surface area contributed by atoms with Gasteiger partial charge in [0, 0.05) is 16.8 Å². The highest BCUT2D eigenvalue weighted by molar-refractivity contribution is 6.44. The van der Waals surface area contributed by atoms with Crippen LogP contribution in [0, 0.1) is 0 Å². The van der Waals surface area contributed by atoms with Gasteiger partial charge >= 0.3 is 7.12 Å². The summed E-state index contributed by atoms with van der Waals surface area (Å²) >= 11 is 0. The molecule has 1 aliphatic rings. The first kappa shape index (κ1) is 9.69. The molecule has 1 aromatic heterocycles. The topological polar surface area (TPSA) is 53.6 Å². The summed E-state index contributed by atoms with van der Waals surface area (Å²) in [7, 11) is -1.31. The van der Waals surface area contributed by atoms with Gasteiger partial charge in [-0.1, -0.05) is 24.3 Å². The molecule has 1 unspecified atom stereocenters. The molecule has 0 amide bonds. The van der Waals surface area contributed by atoms with E-state index in [4.69, 9.17) is 4.42 Å². The van der Waals surface area contributed by atoms with Crippen LogP contribution >= 0.6 is 0 Å². The molecule has 3 nitrogen and oxygen atoms in total. The molecule has 2 aromatic rings. The molecular weight excluding hydrogens is 203 g/mol. The Hall–Kier alpha value is -1.52. The third kappa shape index (κ3) is 1.38. The molecule has 3 rings (SSSR count). The van der Waals surface area contributed by atoms with Crippen molar-refractivity contribution in [3.63, 3.8) is 0 Å². The average molecular weight is 214 g/mol. The molecule has 0 radical (unpaired) electrons. The fourth-order valence-electron chi connectivity index (χ4n) is 2.18. The van der Waals surface area contributed by atoms with Crippen LogP contribution in [0.5, 0.6) is 0 Å². The van der Waals surface area contributed by atoms with Gasteiger partial charge in [0.05, 0.1) is 0 Å². The van der Waals surface area contributed by atoms with Crippen molar-refractivity contribution < 1.29 is 14.5 Å². The Morgan fingerprint density at radius 1 is 1.25 bits per heavy atom. The van der Waals surface area contributed by atoms with Gasteiger partial charge in [0.2, 0.25) is 0 Å². The number of furan rings is 1. The molecule has 1 aromatic carbocycles. The molecule has 0 aliphatic heterocycles. The van der Waals surface area contributed by atoms with Crippen LogP contribution in [0.2, 0.25) is 5.82 Å². The SMILES string of the molecule is OB(O)C1C=Cc2oc3ccccc3c2C1. The zero-order valence-electron chi connectivity index (χ0n) is 8.63. The second-order valence-electron chi connectivity index (χ2n) is 4.08. The van der Waals surface area contributed by atoms with Crippen LogP contribution in [0.25, 0.3) is 17.0 Å². The van der Waals surface area contributed by atoms with Gasteiger partial charge in [0.25, 0.3) is 0 Å². The van der Waals surface area contributed by atoms with Crippen LogP contribution in [0.1, 0.15) is 11.3 Å². The molecule has 1 aliphatic carbocycles. The molecule has 0 fully saturated rings. The molecule has 16 heavy (non-hydrogen) atoms. The van der Waals surface area contributed by atoms with E-state index >= 15 is 0 Å². The predicted molar refractivity (Wildman–Crippen MR) is 62.9 cm³/mol. The Labute approximate surface area is 93.2 Å². The average Bonchev–Trinajstić information content (AvgIpc) is 2.66. The van der Waals surface area contributed by atoms with Crippen molar-refractivity contribution in [1.29, 1.82) is 0 Å². The second kappa shape index (κ2) is 3.51. The van der Waals surface area contributed by atoms with Crippen molar-refractivity contribution in [2.45, 2.75) is 12.2 Å². The summed E-state index contributed by atoms with van der Waals surface area (Å²) in [5.41, 5.74) is 1.92. The van der Waals surface area contributed by atoms with Gasteiger partial charge in [-0.05, 0) is 18.6 Å². The second-order valence-corrected chi connectivity index (χ2v) is 4.08. The van der Waals surface area contributed by atoms with Crippen molar-refractivity contribution in [3.8, 4) is 0 Å². The lowest BCUT2D eigenvalue weighted by atomic mass is 9.67. The van der Waals surface area contributed by atoms with Crippen LogP contribution in [0.3, 0.4) is 0 Å². The third-order valence-corrected chi connectivity index (χ3v) is 3.05. The normalized spacial score (nSPS) is 18.8.